The van der Waals surface area contributed by atoms with Gasteiger partial charge in [-0.1, -0.05) is 31.4 Å². The first-order valence-corrected chi connectivity index (χ1v) is 9.16. The SMILES string of the molecule is Nc1ccc(CNC[C@@H](O)CN2CC[C@@H]3CCCC[C@@H]3C2)cc1. The van der Waals surface area contributed by atoms with Crippen molar-refractivity contribution in [1.82, 2.24) is 10.2 Å². The van der Waals surface area contributed by atoms with E-state index in [9.17, 15) is 5.11 Å². The largest absolute Gasteiger partial charge is 0.399 e. The number of nitrogens with two attached hydrogens (primary N) is 1. The molecule has 2 fully saturated rings. The van der Waals surface area contributed by atoms with E-state index >= 15 is 0 Å². The number of fused-ring (bicyclic) bond motifs is 1. The number of nitrogens with zero attached hydrogens (tertiary/aromatic N) is 1. The molecule has 4 heteroatoms. The molecule has 0 unspecified atom stereocenters. The summed E-state index contributed by atoms with van der Waals surface area (Å²) in [5.74, 6) is 1.84. The normalized spacial score (nSPS) is 26.7. The number of anilines is 1. The second-order valence-corrected chi connectivity index (χ2v) is 7.38. The number of nitrogens with one attached hydrogen (secondary N) is 1. The topological polar surface area (TPSA) is 61.5 Å². The molecule has 0 aromatic heterocycles. The van der Waals surface area contributed by atoms with Gasteiger partial charge in [0.2, 0.25) is 0 Å². The third-order valence-electron chi connectivity index (χ3n) is 5.53. The molecule has 23 heavy (non-hydrogen) atoms. The minimum Gasteiger partial charge on any atom is -0.399 e. The second-order valence-electron chi connectivity index (χ2n) is 7.38. The Bertz CT molecular complexity index is 476. The number of β-amino-alcohol motifs (C(OH)–C–C–N with tert-alkyl or cyclic N) is 1. The lowest BCUT2D eigenvalue weighted by atomic mass is 9.75. The van der Waals surface area contributed by atoms with Gasteiger partial charge in [-0.15, -0.1) is 0 Å². The number of nitrogen functional groups attached to an aromatic ring is 1. The summed E-state index contributed by atoms with van der Waals surface area (Å²) in [5.41, 5.74) is 7.68. The van der Waals surface area contributed by atoms with Gasteiger partial charge in [-0.05, 0) is 48.9 Å². The highest BCUT2D eigenvalue weighted by Gasteiger charge is 2.31. The molecule has 0 bridgehead atoms. The van der Waals surface area contributed by atoms with Crippen molar-refractivity contribution >= 4 is 5.69 Å². The minimum absolute atomic E-state index is 0.288. The van der Waals surface area contributed by atoms with E-state index < -0.39 is 0 Å². The number of hydrogen-bond acceptors (Lipinski definition) is 4. The number of benzene rings is 1. The van der Waals surface area contributed by atoms with Gasteiger partial charge < -0.3 is 21.1 Å². The number of aliphatic hydroxyl groups is 1. The van der Waals surface area contributed by atoms with E-state index in [4.69, 9.17) is 5.73 Å². The molecular formula is C19H31N3O. The molecule has 0 spiro atoms. The monoisotopic (exact) mass is 317 g/mol. The molecule has 2 aliphatic rings. The van der Waals surface area contributed by atoms with Crippen LogP contribution in [0.1, 0.15) is 37.7 Å². The fourth-order valence-electron chi connectivity index (χ4n) is 4.22. The van der Waals surface area contributed by atoms with Crippen LogP contribution in [0.15, 0.2) is 24.3 Å². The molecule has 0 radical (unpaired) electrons. The first-order chi connectivity index (χ1) is 11.2. The van der Waals surface area contributed by atoms with Crippen molar-refractivity contribution in [2.24, 2.45) is 11.8 Å². The highest BCUT2D eigenvalue weighted by atomic mass is 16.3. The minimum atomic E-state index is -0.288. The lowest BCUT2D eigenvalue weighted by Gasteiger charge is -2.41. The molecule has 1 aromatic rings. The summed E-state index contributed by atoms with van der Waals surface area (Å²) >= 11 is 0. The van der Waals surface area contributed by atoms with Crippen LogP contribution in [0.2, 0.25) is 0 Å². The van der Waals surface area contributed by atoms with Crippen molar-refractivity contribution < 1.29 is 5.11 Å². The Hall–Kier alpha value is -1.10. The van der Waals surface area contributed by atoms with Crippen LogP contribution >= 0.6 is 0 Å². The van der Waals surface area contributed by atoms with E-state index in [0.717, 1.165) is 37.2 Å². The summed E-state index contributed by atoms with van der Waals surface area (Å²) in [6.45, 7) is 4.59. The zero-order valence-electron chi connectivity index (χ0n) is 14.1. The van der Waals surface area contributed by atoms with Gasteiger partial charge in [-0.25, -0.2) is 0 Å². The van der Waals surface area contributed by atoms with E-state index in [1.165, 1.54) is 44.2 Å². The van der Waals surface area contributed by atoms with Gasteiger partial charge in [0.25, 0.3) is 0 Å². The maximum Gasteiger partial charge on any atom is 0.0791 e. The van der Waals surface area contributed by atoms with Crippen molar-refractivity contribution in [2.75, 3.05) is 31.9 Å². The summed E-state index contributed by atoms with van der Waals surface area (Å²) in [4.78, 5) is 2.47. The number of hydrogen-bond donors (Lipinski definition) is 3. The van der Waals surface area contributed by atoms with Crippen LogP contribution in [0.5, 0.6) is 0 Å². The summed E-state index contributed by atoms with van der Waals surface area (Å²) in [5, 5.41) is 13.6. The zero-order valence-corrected chi connectivity index (χ0v) is 14.1. The van der Waals surface area contributed by atoms with E-state index in [0.29, 0.717) is 6.54 Å². The Kier molecular flexibility index (Phi) is 5.92. The standard InChI is InChI=1S/C19H31N3O/c20-18-7-5-15(6-8-18)11-21-12-19(23)14-22-10-9-16-3-1-2-4-17(16)13-22/h5-8,16-17,19,21,23H,1-4,9-14,20H2/t16-,17+,19+/m0/s1. The summed E-state index contributed by atoms with van der Waals surface area (Å²) in [6.07, 6.45) is 6.70. The van der Waals surface area contributed by atoms with Gasteiger partial charge in [-0.2, -0.15) is 0 Å². The number of aliphatic hydroxyl groups excluding tert-OH is 1. The van der Waals surface area contributed by atoms with E-state index in [2.05, 4.69) is 10.2 Å². The fraction of sp³-hybridized carbons (Fsp3) is 0.684. The van der Waals surface area contributed by atoms with Crippen molar-refractivity contribution in [3.63, 3.8) is 0 Å². The molecule has 1 aliphatic carbocycles. The highest BCUT2D eigenvalue weighted by Crippen LogP contribution is 2.35. The molecule has 1 aromatic carbocycles. The molecule has 3 atom stereocenters. The van der Waals surface area contributed by atoms with Crippen molar-refractivity contribution in [2.45, 2.75) is 44.8 Å². The van der Waals surface area contributed by atoms with Gasteiger partial charge in [-0.3, -0.25) is 0 Å². The van der Waals surface area contributed by atoms with Crippen LogP contribution in [-0.4, -0.2) is 42.3 Å². The maximum atomic E-state index is 10.3. The lowest BCUT2D eigenvalue weighted by Crippen LogP contribution is -2.46. The van der Waals surface area contributed by atoms with E-state index in [1.807, 2.05) is 24.3 Å². The average Bonchev–Trinajstić information content (AvgIpc) is 2.56. The lowest BCUT2D eigenvalue weighted by molar-refractivity contribution is 0.0463. The Labute approximate surface area is 140 Å². The van der Waals surface area contributed by atoms with E-state index in [-0.39, 0.29) is 6.10 Å². The molecule has 1 heterocycles. The Morgan fingerprint density at radius 1 is 1.13 bits per heavy atom. The van der Waals surface area contributed by atoms with Crippen molar-refractivity contribution in [1.29, 1.82) is 0 Å². The van der Waals surface area contributed by atoms with Crippen LogP contribution in [0.25, 0.3) is 0 Å². The molecule has 1 saturated heterocycles. The summed E-state index contributed by atoms with van der Waals surface area (Å²) in [7, 11) is 0. The van der Waals surface area contributed by atoms with E-state index in [1.54, 1.807) is 0 Å². The molecule has 128 valence electrons. The first kappa shape index (κ1) is 16.7. The second kappa shape index (κ2) is 8.13. The number of likely N-dealkylation sites (tertiary alicyclic amines) is 1. The van der Waals surface area contributed by atoms with Crippen LogP contribution in [0.3, 0.4) is 0 Å². The molecule has 1 saturated carbocycles. The molecule has 4 nitrogen and oxygen atoms in total. The van der Waals surface area contributed by atoms with Crippen molar-refractivity contribution in [3.8, 4) is 0 Å². The van der Waals surface area contributed by atoms with Gasteiger partial charge in [0.15, 0.2) is 0 Å². The first-order valence-electron chi connectivity index (χ1n) is 9.16. The van der Waals surface area contributed by atoms with Crippen LogP contribution in [0.4, 0.5) is 5.69 Å². The van der Waals surface area contributed by atoms with Gasteiger partial charge >= 0.3 is 0 Å². The van der Waals surface area contributed by atoms with Crippen LogP contribution in [-0.2, 0) is 6.54 Å². The summed E-state index contributed by atoms with van der Waals surface area (Å²) < 4.78 is 0. The Morgan fingerprint density at radius 2 is 1.87 bits per heavy atom. The molecular weight excluding hydrogens is 286 g/mol. The highest BCUT2D eigenvalue weighted by molar-refractivity contribution is 5.39. The molecule has 4 N–H and O–H groups in total. The Morgan fingerprint density at radius 3 is 2.65 bits per heavy atom. The van der Waals surface area contributed by atoms with Crippen LogP contribution in [0, 0.1) is 11.8 Å². The predicted octanol–water partition coefficient (Wildman–Crippen LogP) is 2.23. The van der Waals surface area contributed by atoms with Gasteiger partial charge in [0.05, 0.1) is 6.10 Å². The van der Waals surface area contributed by atoms with Crippen LogP contribution < -0.4 is 11.1 Å². The zero-order chi connectivity index (χ0) is 16.1. The summed E-state index contributed by atoms with van der Waals surface area (Å²) in [6, 6.07) is 7.90. The maximum absolute atomic E-state index is 10.3. The quantitative estimate of drug-likeness (QED) is 0.704. The predicted molar refractivity (Wildman–Crippen MR) is 95.1 cm³/mol. The Balaban J connectivity index is 1.36. The number of rotatable bonds is 6. The average molecular weight is 317 g/mol. The fourth-order valence-corrected chi connectivity index (χ4v) is 4.22. The van der Waals surface area contributed by atoms with Gasteiger partial charge in [0, 0.05) is 31.9 Å². The smallest absolute Gasteiger partial charge is 0.0791 e. The van der Waals surface area contributed by atoms with Crippen molar-refractivity contribution in [3.05, 3.63) is 29.8 Å². The molecule has 3 rings (SSSR count). The number of piperidine rings is 1. The molecule has 1 aliphatic heterocycles. The van der Waals surface area contributed by atoms with Gasteiger partial charge in [0.1, 0.15) is 0 Å². The third kappa shape index (κ3) is 4.93. The molecule has 0 amide bonds. The third-order valence-corrected chi connectivity index (χ3v) is 5.53.